The highest BCUT2D eigenvalue weighted by Crippen LogP contribution is 2.04. The number of rotatable bonds is 8. The number of nitrogens with one attached hydrogen (secondary N) is 1. The van der Waals surface area contributed by atoms with Crippen LogP contribution in [-0.2, 0) is 9.59 Å². The van der Waals surface area contributed by atoms with Crippen LogP contribution < -0.4 is 5.32 Å². The summed E-state index contributed by atoms with van der Waals surface area (Å²) < 4.78 is 0. The van der Waals surface area contributed by atoms with Crippen LogP contribution in [0.4, 0.5) is 0 Å². The van der Waals surface area contributed by atoms with Crippen molar-refractivity contribution in [1.29, 1.82) is 0 Å². The van der Waals surface area contributed by atoms with Crippen LogP contribution in [0.15, 0.2) is 0 Å². The van der Waals surface area contributed by atoms with E-state index in [1.54, 1.807) is 0 Å². The minimum atomic E-state index is -0.966. The Hall–Kier alpha value is -1.10. The molecule has 0 saturated carbocycles. The molecule has 2 N–H and O–H groups in total. The Morgan fingerprint density at radius 2 is 1.76 bits per heavy atom. The number of nitrogens with zero attached hydrogens (tertiary/aromatic N) is 1. The van der Waals surface area contributed by atoms with Gasteiger partial charge in [-0.2, -0.15) is 0 Å². The van der Waals surface area contributed by atoms with Gasteiger partial charge in [-0.05, 0) is 25.4 Å². The van der Waals surface area contributed by atoms with E-state index in [0.29, 0.717) is 6.42 Å². The number of hydrogen-bond acceptors (Lipinski definition) is 3. The highest BCUT2D eigenvalue weighted by molar-refractivity contribution is 5.84. The molecule has 0 fully saturated rings. The van der Waals surface area contributed by atoms with Gasteiger partial charge in [0, 0.05) is 0 Å². The lowest BCUT2D eigenvalue weighted by molar-refractivity contribution is -0.142. The van der Waals surface area contributed by atoms with Gasteiger partial charge in [0.1, 0.15) is 6.04 Å². The molecular formula is C12H24N2O3. The lowest BCUT2D eigenvalue weighted by Crippen LogP contribution is -2.46. The van der Waals surface area contributed by atoms with Crippen molar-refractivity contribution >= 4 is 11.9 Å². The number of carboxylic acid groups (broad SMARTS) is 1. The summed E-state index contributed by atoms with van der Waals surface area (Å²) in [5.41, 5.74) is 0. The molecular weight excluding hydrogens is 220 g/mol. The molecule has 5 heteroatoms. The first-order valence-electron chi connectivity index (χ1n) is 6.15. The molecule has 0 aromatic carbocycles. The van der Waals surface area contributed by atoms with Crippen molar-refractivity contribution in [2.75, 3.05) is 19.6 Å². The largest absolute Gasteiger partial charge is 0.480 e. The van der Waals surface area contributed by atoms with Gasteiger partial charge in [0.05, 0.1) is 6.54 Å². The minimum absolute atomic E-state index is 0.221. The normalized spacial score (nSPS) is 12.8. The third-order valence-corrected chi connectivity index (χ3v) is 2.60. The predicted octanol–water partition coefficient (Wildman–Crippen LogP) is 0.944. The number of carbonyl (C=O) groups excluding carboxylic acids is 1. The molecule has 0 bridgehead atoms. The summed E-state index contributed by atoms with van der Waals surface area (Å²) in [6, 6.07) is -0.780. The van der Waals surface area contributed by atoms with Crippen LogP contribution in [0.2, 0.25) is 0 Å². The van der Waals surface area contributed by atoms with E-state index in [9.17, 15) is 9.59 Å². The van der Waals surface area contributed by atoms with E-state index < -0.39 is 12.0 Å². The highest BCUT2D eigenvalue weighted by atomic mass is 16.4. The molecule has 0 aliphatic heterocycles. The highest BCUT2D eigenvalue weighted by Gasteiger charge is 2.21. The second-order valence-corrected chi connectivity index (χ2v) is 4.55. The van der Waals surface area contributed by atoms with Crippen molar-refractivity contribution in [2.45, 2.75) is 40.2 Å². The molecule has 1 amide bonds. The SMILES string of the molecule is CCN(CC)CC(=O)NC(CC(C)C)C(=O)O. The van der Waals surface area contributed by atoms with Crippen molar-refractivity contribution in [3.8, 4) is 0 Å². The summed E-state index contributed by atoms with van der Waals surface area (Å²) in [7, 11) is 0. The fourth-order valence-corrected chi connectivity index (χ4v) is 1.58. The Morgan fingerprint density at radius 3 is 2.12 bits per heavy atom. The zero-order valence-electron chi connectivity index (χ0n) is 11.2. The van der Waals surface area contributed by atoms with E-state index in [1.165, 1.54) is 0 Å². The first-order valence-corrected chi connectivity index (χ1v) is 6.15. The molecule has 0 aromatic rings. The number of likely N-dealkylation sites (N-methyl/N-ethyl adjacent to an activating group) is 1. The van der Waals surface area contributed by atoms with Gasteiger partial charge in [-0.1, -0.05) is 27.7 Å². The lowest BCUT2D eigenvalue weighted by Gasteiger charge is -2.20. The van der Waals surface area contributed by atoms with Gasteiger partial charge in [-0.15, -0.1) is 0 Å². The molecule has 0 aliphatic carbocycles. The second-order valence-electron chi connectivity index (χ2n) is 4.55. The standard InChI is InChI=1S/C12H24N2O3/c1-5-14(6-2)8-11(15)13-10(12(16)17)7-9(3)4/h9-10H,5-8H2,1-4H3,(H,13,15)(H,16,17). The molecule has 0 rings (SSSR count). The van der Waals surface area contributed by atoms with Crippen LogP contribution >= 0.6 is 0 Å². The number of carboxylic acids is 1. The molecule has 100 valence electrons. The van der Waals surface area contributed by atoms with Gasteiger partial charge in [0.2, 0.25) is 5.91 Å². The number of hydrogen-bond donors (Lipinski definition) is 2. The van der Waals surface area contributed by atoms with Gasteiger partial charge < -0.3 is 10.4 Å². The number of amides is 1. The van der Waals surface area contributed by atoms with Crippen molar-refractivity contribution in [3.63, 3.8) is 0 Å². The van der Waals surface area contributed by atoms with Crippen molar-refractivity contribution in [3.05, 3.63) is 0 Å². The Balaban J connectivity index is 4.25. The van der Waals surface area contributed by atoms with E-state index in [0.717, 1.165) is 13.1 Å². The Labute approximate surface area is 103 Å². The maximum atomic E-state index is 11.7. The maximum Gasteiger partial charge on any atom is 0.326 e. The van der Waals surface area contributed by atoms with Gasteiger partial charge in [0.25, 0.3) is 0 Å². The maximum absolute atomic E-state index is 11.7. The number of aliphatic carboxylic acids is 1. The molecule has 0 saturated heterocycles. The molecule has 1 unspecified atom stereocenters. The average molecular weight is 244 g/mol. The van der Waals surface area contributed by atoms with Crippen LogP contribution in [0.25, 0.3) is 0 Å². The molecule has 0 heterocycles. The average Bonchev–Trinajstić information content (AvgIpc) is 2.24. The number of carbonyl (C=O) groups is 2. The van der Waals surface area contributed by atoms with Gasteiger partial charge >= 0.3 is 5.97 Å². The Bertz CT molecular complexity index is 250. The van der Waals surface area contributed by atoms with E-state index >= 15 is 0 Å². The summed E-state index contributed by atoms with van der Waals surface area (Å²) in [6.45, 7) is 9.64. The van der Waals surface area contributed by atoms with Gasteiger partial charge in [-0.25, -0.2) is 4.79 Å². The summed E-state index contributed by atoms with van der Waals surface area (Å²) in [6.07, 6.45) is 0.458. The van der Waals surface area contributed by atoms with Crippen molar-refractivity contribution < 1.29 is 14.7 Å². The zero-order valence-corrected chi connectivity index (χ0v) is 11.2. The van der Waals surface area contributed by atoms with E-state index in [2.05, 4.69) is 5.32 Å². The van der Waals surface area contributed by atoms with Crippen molar-refractivity contribution in [2.24, 2.45) is 5.92 Å². The van der Waals surface area contributed by atoms with Gasteiger partial charge in [0.15, 0.2) is 0 Å². The smallest absolute Gasteiger partial charge is 0.326 e. The molecule has 0 spiro atoms. The molecule has 0 radical (unpaired) electrons. The van der Waals surface area contributed by atoms with Crippen LogP contribution in [0.5, 0.6) is 0 Å². The monoisotopic (exact) mass is 244 g/mol. The Kier molecular flexibility index (Phi) is 7.54. The van der Waals surface area contributed by atoms with E-state index in [1.807, 2.05) is 32.6 Å². The molecule has 5 nitrogen and oxygen atoms in total. The zero-order chi connectivity index (χ0) is 13.4. The molecule has 0 aliphatic rings. The van der Waals surface area contributed by atoms with Crippen LogP contribution in [0.1, 0.15) is 34.1 Å². The summed E-state index contributed by atoms with van der Waals surface area (Å²) in [4.78, 5) is 24.6. The van der Waals surface area contributed by atoms with E-state index in [4.69, 9.17) is 5.11 Å². The minimum Gasteiger partial charge on any atom is -0.480 e. The van der Waals surface area contributed by atoms with Crippen LogP contribution in [0, 0.1) is 5.92 Å². The molecule has 17 heavy (non-hydrogen) atoms. The second kappa shape index (κ2) is 8.06. The van der Waals surface area contributed by atoms with Crippen molar-refractivity contribution in [1.82, 2.24) is 10.2 Å². The van der Waals surface area contributed by atoms with E-state index in [-0.39, 0.29) is 18.4 Å². The first kappa shape index (κ1) is 15.9. The fraction of sp³-hybridized carbons (Fsp3) is 0.833. The van der Waals surface area contributed by atoms with Crippen LogP contribution in [-0.4, -0.2) is 47.6 Å². The predicted molar refractivity (Wildman–Crippen MR) is 66.8 cm³/mol. The van der Waals surface area contributed by atoms with Gasteiger partial charge in [-0.3, -0.25) is 9.69 Å². The van der Waals surface area contributed by atoms with Crippen LogP contribution in [0.3, 0.4) is 0 Å². The quantitative estimate of drug-likeness (QED) is 0.667. The Morgan fingerprint density at radius 1 is 1.24 bits per heavy atom. The summed E-state index contributed by atoms with van der Waals surface area (Å²) in [5, 5.41) is 11.6. The molecule has 0 aromatic heterocycles. The third-order valence-electron chi connectivity index (χ3n) is 2.60. The summed E-state index contributed by atoms with van der Waals surface area (Å²) in [5.74, 6) is -0.946. The first-order chi connectivity index (χ1) is 7.90. The lowest BCUT2D eigenvalue weighted by atomic mass is 10.0. The fourth-order valence-electron chi connectivity index (χ4n) is 1.58. The third kappa shape index (κ3) is 6.94. The summed E-state index contributed by atoms with van der Waals surface area (Å²) >= 11 is 0. The topological polar surface area (TPSA) is 69.6 Å². The molecule has 1 atom stereocenters.